The fraction of sp³-hybridized carbons (Fsp3) is 0.625. The summed E-state index contributed by atoms with van der Waals surface area (Å²) in [7, 11) is -4.30. The predicted octanol–water partition coefficient (Wildman–Crippen LogP) is 10.6. The van der Waals surface area contributed by atoms with E-state index in [1.54, 1.807) is 0 Å². The second-order valence-electron chi connectivity index (χ2n) is 11.7. The van der Waals surface area contributed by atoms with Gasteiger partial charge in [-0.05, 0) is 70.6 Å². The summed E-state index contributed by atoms with van der Waals surface area (Å²) in [6, 6.07) is 0. The number of hydrogen-bond acceptors (Lipinski definition) is 7. The van der Waals surface area contributed by atoms with Crippen LogP contribution in [-0.4, -0.2) is 49.9 Å². The molecular weight excluding hydrogens is 637 g/mol. The van der Waals surface area contributed by atoms with Gasteiger partial charge in [-0.1, -0.05) is 131 Å². The number of phosphoric acid groups is 1. The van der Waals surface area contributed by atoms with Gasteiger partial charge in [0.15, 0.2) is 0 Å². The molecule has 0 fully saturated rings. The number of nitrogens with two attached hydrogens (primary N) is 1. The van der Waals surface area contributed by atoms with E-state index < -0.39 is 13.9 Å². The molecule has 0 amide bonds. The maximum atomic E-state index is 12.5. The van der Waals surface area contributed by atoms with Crippen LogP contribution in [0.4, 0.5) is 0 Å². The van der Waals surface area contributed by atoms with Gasteiger partial charge >= 0.3 is 13.8 Å². The third-order valence-corrected chi connectivity index (χ3v) is 8.05. The van der Waals surface area contributed by atoms with Crippen molar-refractivity contribution in [2.45, 2.75) is 129 Å². The van der Waals surface area contributed by atoms with Crippen LogP contribution in [0.5, 0.6) is 0 Å². The van der Waals surface area contributed by atoms with Crippen LogP contribution in [0.1, 0.15) is 123 Å². The van der Waals surface area contributed by atoms with Crippen molar-refractivity contribution in [2.75, 3.05) is 33.0 Å². The van der Waals surface area contributed by atoms with Crippen LogP contribution in [0.25, 0.3) is 0 Å². The van der Waals surface area contributed by atoms with Gasteiger partial charge in [-0.3, -0.25) is 13.8 Å². The summed E-state index contributed by atoms with van der Waals surface area (Å²) in [5.41, 5.74) is 5.34. The Bertz CT molecular complexity index is 1020. The monoisotopic (exact) mass is 705 g/mol. The highest BCUT2D eigenvalue weighted by molar-refractivity contribution is 7.47. The lowest BCUT2D eigenvalue weighted by Gasteiger charge is -2.19. The van der Waals surface area contributed by atoms with E-state index in [0.29, 0.717) is 13.0 Å². The zero-order valence-corrected chi connectivity index (χ0v) is 31.5. The number of esters is 1. The summed E-state index contributed by atoms with van der Waals surface area (Å²) in [5.74, 6) is -0.374. The molecule has 0 aliphatic rings. The molecule has 0 aromatic carbocycles. The Labute approximate surface area is 298 Å². The number of carbonyl (C=O) groups is 1. The fourth-order valence-corrected chi connectivity index (χ4v) is 5.13. The highest BCUT2D eigenvalue weighted by atomic mass is 31.2. The van der Waals surface area contributed by atoms with E-state index in [2.05, 4.69) is 92.8 Å². The average Bonchev–Trinajstić information content (AvgIpc) is 3.09. The van der Waals surface area contributed by atoms with Gasteiger partial charge in [0.1, 0.15) is 6.10 Å². The van der Waals surface area contributed by atoms with Crippen LogP contribution >= 0.6 is 7.82 Å². The Morgan fingerprint density at radius 1 is 0.633 bits per heavy atom. The number of hydrogen-bond donors (Lipinski definition) is 2. The second-order valence-corrected chi connectivity index (χ2v) is 13.2. The second kappa shape index (κ2) is 36.9. The van der Waals surface area contributed by atoms with Crippen molar-refractivity contribution in [1.82, 2.24) is 0 Å². The Kier molecular flexibility index (Phi) is 35.2. The van der Waals surface area contributed by atoms with Crippen LogP contribution in [0.3, 0.4) is 0 Å². The van der Waals surface area contributed by atoms with E-state index in [1.165, 1.54) is 19.3 Å². The first-order valence-corrected chi connectivity index (χ1v) is 20.1. The van der Waals surface area contributed by atoms with Crippen molar-refractivity contribution in [3.63, 3.8) is 0 Å². The van der Waals surface area contributed by atoms with Crippen molar-refractivity contribution in [2.24, 2.45) is 5.73 Å². The first-order chi connectivity index (χ1) is 23.9. The molecule has 0 bridgehead atoms. The van der Waals surface area contributed by atoms with E-state index >= 15 is 0 Å². The molecule has 0 saturated heterocycles. The summed E-state index contributed by atoms with van der Waals surface area (Å²) < 4.78 is 33.1. The summed E-state index contributed by atoms with van der Waals surface area (Å²) >= 11 is 0. The van der Waals surface area contributed by atoms with Crippen LogP contribution in [-0.2, 0) is 27.9 Å². The van der Waals surface area contributed by atoms with E-state index in [4.69, 9.17) is 24.3 Å². The summed E-state index contributed by atoms with van der Waals surface area (Å²) in [5, 5.41) is 0. The molecule has 0 radical (unpaired) electrons. The Balaban J connectivity index is 4.29. The molecule has 0 aromatic rings. The molecule has 2 atom stereocenters. The molecule has 2 unspecified atom stereocenters. The normalized spacial score (nSPS) is 14.6. The van der Waals surface area contributed by atoms with Crippen molar-refractivity contribution in [3.8, 4) is 0 Å². The van der Waals surface area contributed by atoms with Gasteiger partial charge in [-0.15, -0.1) is 0 Å². The minimum absolute atomic E-state index is 0.0510. The van der Waals surface area contributed by atoms with Gasteiger partial charge < -0.3 is 20.1 Å². The lowest BCUT2D eigenvalue weighted by Crippen LogP contribution is -2.28. The molecule has 0 spiro atoms. The zero-order chi connectivity index (χ0) is 35.9. The first-order valence-electron chi connectivity index (χ1n) is 18.6. The molecule has 280 valence electrons. The highest BCUT2D eigenvalue weighted by Crippen LogP contribution is 2.43. The quantitative estimate of drug-likeness (QED) is 0.0294. The average molecular weight is 706 g/mol. The molecule has 0 aliphatic carbocycles. The Hall–Kier alpha value is -2.32. The molecule has 3 N–H and O–H groups in total. The lowest BCUT2D eigenvalue weighted by molar-refractivity contribution is -0.154. The zero-order valence-electron chi connectivity index (χ0n) is 30.6. The van der Waals surface area contributed by atoms with Gasteiger partial charge in [-0.2, -0.15) is 0 Å². The molecule has 0 rings (SSSR count). The minimum Gasteiger partial charge on any atom is -0.457 e. The smallest absolute Gasteiger partial charge is 0.457 e. The molecule has 0 heterocycles. The molecule has 49 heavy (non-hydrogen) atoms. The lowest BCUT2D eigenvalue weighted by atomic mass is 10.1. The van der Waals surface area contributed by atoms with Gasteiger partial charge in [-0.25, -0.2) is 4.57 Å². The Morgan fingerprint density at radius 3 is 1.71 bits per heavy atom. The standard InChI is InChI=1S/C40H68NO7P/c1-3-5-7-9-11-13-15-17-19-20-22-24-26-28-30-32-35-45-37-39(38-47-49(43,44)46-36-34-41)48-40(42)33-31-29-27-25-23-21-18-16-14-12-10-8-6-4-2/h5,7,10-13,16-19,22,24,28,30,39H,3-4,6,8-9,14-15,20-21,23,25-27,29,31-38,41H2,1-2H3,(H,43,44)/b7-5-,12-10-,13-11-,18-16-,19-17-,24-22-,30-28-. The van der Waals surface area contributed by atoms with Crippen molar-refractivity contribution in [3.05, 3.63) is 85.1 Å². The Morgan fingerprint density at radius 2 is 1.14 bits per heavy atom. The first kappa shape index (κ1) is 46.7. The van der Waals surface area contributed by atoms with Crippen LogP contribution in [0.15, 0.2) is 85.1 Å². The minimum atomic E-state index is -4.30. The number of carbonyl (C=O) groups excluding carboxylic acids is 1. The van der Waals surface area contributed by atoms with Gasteiger partial charge in [0.05, 0.1) is 26.4 Å². The van der Waals surface area contributed by atoms with Gasteiger partial charge in [0.2, 0.25) is 0 Å². The maximum Gasteiger partial charge on any atom is 0.472 e. The predicted molar refractivity (Wildman–Crippen MR) is 205 cm³/mol. The number of rotatable bonds is 34. The van der Waals surface area contributed by atoms with Crippen LogP contribution in [0, 0.1) is 0 Å². The highest BCUT2D eigenvalue weighted by Gasteiger charge is 2.25. The molecule has 0 saturated carbocycles. The third kappa shape index (κ3) is 36.8. The van der Waals surface area contributed by atoms with E-state index in [1.807, 2.05) is 6.08 Å². The number of allylic oxidation sites excluding steroid dienone is 13. The van der Waals surface area contributed by atoms with E-state index in [-0.39, 0.29) is 38.8 Å². The fourth-order valence-electron chi connectivity index (χ4n) is 4.37. The van der Waals surface area contributed by atoms with Crippen molar-refractivity contribution >= 4 is 13.8 Å². The molecular formula is C40H68NO7P. The number of unbranched alkanes of at least 4 members (excludes halogenated alkanes) is 7. The van der Waals surface area contributed by atoms with Gasteiger partial charge in [0.25, 0.3) is 0 Å². The molecule has 8 nitrogen and oxygen atoms in total. The maximum absolute atomic E-state index is 12.5. The number of ether oxygens (including phenoxy) is 2. The summed E-state index contributed by atoms with van der Waals surface area (Å²) in [6.45, 7) is 4.47. The summed E-state index contributed by atoms with van der Waals surface area (Å²) in [6.07, 6.45) is 46.2. The van der Waals surface area contributed by atoms with Crippen LogP contribution < -0.4 is 5.73 Å². The van der Waals surface area contributed by atoms with E-state index in [0.717, 1.165) is 77.0 Å². The topological polar surface area (TPSA) is 117 Å². The SMILES string of the molecule is CC/C=C\C/C=C\C/C=C\C/C=C\C/C=C\CCOCC(COP(=O)(O)OCCN)OC(=O)CCCCCCC/C=C\C/C=C\CCCC. The van der Waals surface area contributed by atoms with Crippen molar-refractivity contribution < 1.29 is 32.8 Å². The van der Waals surface area contributed by atoms with Gasteiger partial charge in [0, 0.05) is 13.0 Å². The molecule has 0 aromatic heterocycles. The van der Waals surface area contributed by atoms with Crippen molar-refractivity contribution in [1.29, 1.82) is 0 Å². The van der Waals surface area contributed by atoms with E-state index in [9.17, 15) is 14.3 Å². The molecule has 0 aliphatic heterocycles. The molecule has 9 heteroatoms. The summed E-state index contributed by atoms with van der Waals surface area (Å²) in [4.78, 5) is 22.4. The largest absolute Gasteiger partial charge is 0.472 e. The third-order valence-electron chi connectivity index (χ3n) is 7.07. The number of phosphoric ester groups is 1. The van der Waals surface area contributed by atoms with Crippen LogP contribution in [0.2, 0.25) is 0 Å².